The van der Waals surface area contributed by atoms with E-state index >= 15 is 0 Å². The summed E-state index contributed by atoms with van der Waals surface area (Å²) in [6, 6.07) is 5.97. The fourth-order valence-corrected chi connectivity index (χ4v) is 2.08. The van der Waals surface area contributed by atoms with Crippen molar-refractivity contribution in [2.45, 2.75) is 38.8 Å². The predicted octanol–water partition coefficient (Wildman–Crippen LogP) is 1.32. The van der Waals surface area contributed by atoms with Crippen molar-refractivity contribution >= 4 is 5.91 Å². The summed E-state index contributed by atoms with van der Waals surface area (Å²) < 4.78 is 5.48. The quantitative estimate of drug-likeness (QED) is 0.846. The zero-order valence-corrected chi connectivity index (χ0v) is 10.8. The molecule has 0 aliphatic heterocycles. The molecule has 1 aliphatic carbocycles. The van der Waals surface area contributed by atoms with Crippen molar-refractivity contribution in [3.63, 3.8) is 0 Å². The number of nitrogens with one attached hydrogen (secondary N) is 1. The van der Waals surface area contributed by atoms with Gasteiger partial charge < -0.3 is 15.2 Å². The van der Waals surface area contributed by atoms with Crippen molar-refractivity contribution in [3.8, 4) is 5.75 Å². The van der Waals surface area contributed by atoms with Crippen LogP contribution in [0.2, 0.25) is 0 Å². The number of amides is 1. The molecule has 0 unspecified atom stereocenters. The van der Waals surface area contributed by atoms with Crippen LogP contribution in [0.25, 0.3) is 0 Å². The first-order valence-corrected chi connectivity index (χ1v) is 6.22. The van der Waals surface area contributed by atoms with Crippen molar-refractivity contribution in [2.24, 2.45) is 0 Å². The zero-order chi connectivity index (χ0) is 13.1. The van der Waals surface area contributed by atoms with E-state index in [0.717, 1.165) is 11.3 Å². The van der Waals surface area contributed by atoms with E-state index in [1.807, 2.05) is 32.0 Å². The summed E-state index contributed by atoms with van der Waals surface area (Å²) in [6.45, 7) is 4.00. The molecule has 1 aromatic rings. The first-order valence-electron chi connectivity index (χ1n) is 6.22. The van der Waals surface area contributed by atoms with Crippen LogP contribution in [0.3, 0.4) is 0 Å². The minimum absolute atomic E-state index is 0.0243. The van der Waals surface area contributed by atoms with Crippen LogP contribution in [-0.2, 0) is 4.79 Å². The number of rotatable bonds is 4. The summed E-state index contributed by atoms with van der Waals surface area (Å²) in [4.78, 5) is 11.6. The average Bonchev–Trinajstić information content (AvgIpc) is 2.26. The number of ether oxygens (including phenoxy) is 1. The van der Waals surface area contributed by atoms with E-state index in [-0.39, 0.29) is 24.7 Å². The summed E-state index contributed by atoms with van der Waals surface area (Å²) in [5, 5.41) is 11.9. The van der Waals surface area contributed by atoms with Crippen LogP contribution in [-0.4, -0.2) is 29.8 Å². The van der Waals surface area contributed by atoms with Crippen molar-refractivity contribution < 1.29 is 14.6 Å². The van der Waals surface area contributed by atoms with Gasteiger partial charge in [0, 0.05) is 6.04 Å². The van der Waals surface area contributed by atoms with E-state index in [1.165, 1.54) is 5.56 Å². The fraction of sp³-hybridized carbons (Fsp3) is 0.500. The number of aliphatic hydroxyl groups is 1. The summed E-state index contributed by atoms with van der Waals surface area (Å²) in [5.41, 5.74) is 2.20. The van der Waals surface area contributed by atoms with Crippen LogP contribution < -0.4 is 10.1 Å². The highest BCUT2D eigenvalue weighted by atomic mass is 16.5. The molecule has 18 heavy (non-hydrogen) atoms. The Hall–Kier alpha value is -1.55. The van der Waals surface area contributed by atoms with E-state index in [1.54, 1.807) is 0 Å². The third-order valence-electron chi connectivity index (χ3n) is 3.17. The third kappa shape index (κ3) is 3.23. The van der Waals surface area contributed by atoms with Crippen LogP contribution in [0.1, 0.15) is 24.0 Å². The number of carbonyl (C=O) groups is 1. The van der Waals surface area contributed by atoms with Crippen molar-refractivity contribution in [3.05, 3.63) is 29.3 Å². The average molecular weight is 249 g/mol. The normalized spacial score (nSPS) is 22.2. The molecule has 1 aliphatic rings. The highest BCUT2D eigenvalue weighted by Crippen LogP contribution is 2.20. The minimum Gasteiger partial charge on any atom is -0.484 e. The number of carbonyl (C=O) groups excluding carboxylic acids is 1. The number of aryl methyl sites for hydroxylation is 2. The Bertz CT molecular complexity index is 439. The van der Waals surface area contributed by atoms with Crippen molar-refractivity contribution in [1.29, 1.82) is 0 Å². The van der Waals surface area contributed by atoms with Crippen molar-refractivity contribution in [2.75, 3.05) is 6.61 Å². The lowest BCUT2D eigenvalue weighted by Gasteiger charge is -2.31. The largest absolute Gasteiger partial charge is 0.484 e. The molecule has 0 radical (unpaired) electrons. The summed E-state index contributed by atoms with van der Waals surface area (Å²) in [7, 11) is 0. The SMILES string of the molecule is Cc1ccc(OCC(=O)NC2CC(O)C2)c(C)c1. The molecule has 0 saturated heterocycles. The van der Waals surface area contributed by atoms with E-state index in [4.69, 9.17) is 9.84 Å². The molecule has 0 aromatic heterocycles. The smallest absolute Gasteiger partial charge is 0.258 e. The van der Waals surface area contributed by atoms with Gasteiger partial charge in [-0.25, -0.2) is 0 Å². The van der Waals surface area contributed by atoms with Gasteiger partial charge in [0.15, 0.2) is 6.61 Å². The number of benzene rings is 1. The lowest BCUT2D eigenvalue weighted by molar-refractivity contribution is -0.125. The standard InChI is InChI=1S/C14H19NO3/c1-9-3-4-13(10(2)5-9)18-8-14(17)15-11-6-12(16)7-11/h3-5,11-12,16H,6-8H2,1-2H3,(H,15,17). The Labute approximate surface area is 107 Å². The van der Waals surface area contributed by atoms with Crippen LogP contribution in [0.15, 0.2) is 18.2 Å². The molecule has 0 atom stereocenters. The third-order valence-corrected chi connectivity index (χ3v) is 3.17. The summed E-state index contributed by atoms with van der Waals surface area (Å²) in [6.07, 6.45) is 1.04. The minimum atomic E-state index is -0.254. The number of hydrogen-bond acceptors (Lipinski definition) is 3. The van der Waals surface area contributed by atoms with Crippen molar-refractivity contribution in [1.82, 2.24) is 5.32 Å². The van der Waals surface area contributed by atoms with Gasteiger partial charge in [0.2, 0.25) is 0 Å². The molecule has 1 aromatic carbocycles. The molecule has 4 nitrogen and oxygen atoms in total. The van der Waals surface area contributed by atoms with Crippen LogP contribution >= 0.6 is 0 Å². The van der Waals surface area contributed by atoms with Gasteiger partial charge in [0.05, 0.1) is 6.10 Å². The monoisotopic (exact) mass is 249 g/mol. The molecule has 98 valence electrons. The highest BCUT2D eigenvalue weighted by Gasteiger charge is 2.28. The van der Waals surface area contributed by atoms with E-state index in [2.05, 4.69) is 5.32 Å². The van der Waals surface area contributed by atoms with Gasteiger partial charge >= 0.3 is 0 Å². The van der Waals surface area contributed by atoms with Gasteiger partial charge in [0.25, 0.3) is 5.91 Å². The molecule has 1 saturated carbocycles. The maximum absolute atomic E-state index is 11.6. The molecular weight excluding hydrogens is 230 g/mol. The van der Waals surface area contributed by atoms with Gasteiger partial charge in [0.1, 0.15) is 5.75 Å². The Morgan fingerprint density at radius 1 is 1.44 bits per heavy atom. The maximum Gasteiger partial charge on any atom is 0.258 e. The zero-order valence-electron chi connectivity index (χ0n) is 10.8. The topological polar surface area (TPSA) is 58.6 Å². The first-order chi connectivity index (χ1) is 8.54. The predicted molar refractivity (Wildman–Crippen MR) is 68.6 cm³/mol. The Morgan fingerprint density at radius 3 is 2.78 bits per heavy atom. The second kappa shape index (κ2) is 5.40. The summed E-state index contributed by atoms with van der Waals surface area (Å²) >= 11 is 0. The van der Waals surface area contributed by atoms with Gasteiger partial charge in [-0.05, 0) is 38.3 Å². The fourth-order valence-electron chi connectivity index (χ4n) is 2.08. The molecule has 2 rings (SSSR count). The van der Waals surface area contributed by atoms with Crippen LogP contribution in [0.4, 0.5) is 0 Å². The van der Waals surface area contributed by atoms with E-state index in [0.29, 0.717) is 12.8 Å². The number of aliphatic hydroxyl groups excluding tert-OH is 1. The van der Waals surface area contributed by atoms with Gasteiger partial charge in [-0.2, -0.15) is 0 Å². The molecule has 1 fully saturated rings. The first kappa shape index (κ1) is 12.9. The molecule has 4 heteroatoms. The molecule has 1 amide bonds. The molecular formula is C14H19NO3. The van der Waals surface area contributed by atoms with E-state index < -0.39 is 0 Å². The molecule has 0 heterocycles. The Balaban J connectivity index is 1.78. The second-order valence-electron chi connectivity index (χ2n) is 4.95. The second-order valence-corrected chi connectivity index (χ2v) is 4.95. The molecule has 2 N–H and O–H groups in total. The lowest BCUT2D eigenvalue weighted by Crippen LogP contribution is -2.48. The Kier molecular flexibility index (Phi) is 3.87. The molecule has 0 bridgehead atoms. The maximum atomic E-state index is 11.6. The lowest BCUT2D eigenvalue weighted by atomic mass is 9.89. The summed E-state index contributed by atoms with van der Waals surface area (Å²) in [5.74, 6) is 0.608. The number of hydrogen-bond donors (Lipinski definition) is 2. The van der Waals surface area contributed by atoms with E-state index in [9.17, 15) is 4.79 Å². The Morgan fingerprint density at radius 2 is 2.17 bits per heavy atom. The molecule has 0 spiro atoms. The van der Waals surface area contributed by atoms with Crippen LogP contribution in [0, 0.1) is 13.8 Å². The van der Waals surface area contributed by atoms with Gasteiger partial charge in [-0.1, -0.05) is 17.7 Å². The van der Waals surface area contributed by atoms with Gasteiger partial charge in [-0.3, -0.25) is 4.79 Å². The highest BCUT2D eigenvalue weighted by molar-refractivity contribution is 5.78. The van der Waals surface area contributed by atoms with Crippen LogP contribution in [0.5, 0.6) is 5.75 Å². The van der Waals surface area contributed by atoms with Gasteiger partial charge in [-0.15, -0.1) is 0 Å².